The van der Waals surface area contributed by atoms with E-state index in [-0.39, 0.29) is 14.7 Å². The van der Waals surface area contributed by atoms with Crippen molar-refractivity contribution in [3.8, 4) is 39.5 Å². The maximum absolute atomic E-state index is 12.7. The Balaban J connectivity index is 0.000000190. The van der Waals surface area contributed by atoms with E-state index in [9.17, 15) is 16.8 Å². The van der Waals surface area contributed by atoms with Crippen molar-refractivity contribution in [2.45, 2.75) is 28.5 Å². The molecule has 6 rings (SSSR count). The summed E-state index contributed by atoms with van der Waals surface area (Å²) in [5.74, 6) is 2.55. The third-order valence-corrected chi connectivity index (χ3v) is 10.6. The predicted octanol–water partition coefficient (Wildman–Crippen LogP) is 9.36. The fraction of sp³-hybridized carbons (Fsp3) is 0.100. The summed E-state index contributed by atoms with van der Waals surface area (Å²) in [5, 5.41) is 0. The number of hydrogen-bond donors (Lipinski definition) is 0. The lowest BCUT2D eigenvalue weighted by Crippen LogP contribution is -2.01. The van der Waals surface area contributed by atoms with Crippen LogP contribution in [0, 0.1) is 13.8 Å². The molecule has 0 atom stereocenters. The Kier molecular flexibility index (Phi) is 10.5. The van der Waals surface area contributed by atoms with Gasteiger partial charge in [0, 0.05) is 6.26 Å². The molecule has 0 spiro atoms. The van der Waals surface area contributed by atoms with E-state index >= 15 is 0 Å². The van der Waals surface area contributed by atoms with Gasteiger partial charge in [-0.3, -0.25) is 0 Å². The standard InChI is InChI=1S/C20H18O4S2.C20H18O2/c1-15-3-9-19(10-4-15)26(23,24)20-13-7-17(8-14-20)16-5-11-18(12-6-16)25(2,21)22;1-15-3-9-19(10-4-15)22-20-13-7-17(8-14-20)16-5-11-18(21-2)12-6-16/h3-14H,1-2H3;3-14H,1-2H3. The van der Waals surface area contributed by atoms with Gasteiger partial charge in [-0.1, -0.05) is 83.9 Å². The average molecular weight is 677 g/mol. The zero-order valence-corrected chi connectivity index (χ0v) is 28.8. The minimum absolute atomic E-state index is 0.220. The van der Waals surface area contributed by atoms with Crippen LogP contribution in [0.15, 0.2) is 160 Å². The van der Waals surface area contributed by atoms with E-state index in [1.165, 1.54) is 5.56 Å². The Morgan fingerprint density at radius 2 is 0.688 bits per heavy atom. The summed E-state index contributed by atoms with van der Waals surface area (Å²) >= 11 is 0. The van der Waals surface area contributed by atoms with Gasteiger partial charge in [-0.05, 0) is 109 Å². The molecule has 0 N–H and O–H groups in total. The maximum atomic E-state index is 12.7. The maximum Gasteiger partial charge on any atom is 0.206 e. The minimum atomic E-state index is -3.56. The second kappa shape index (κ2) is 14.7. The molecule has 6 nitrogen and oxygen atoms in total. The van der Waals surface area contributed by atoms with Gasteiger partial charge in [0.2, 0.25) is 9.84 Å². The van der Waals surface area contributed by atoms with Crippen LogP contribution in [0.3, 0.4) is 0 Å². The molecule has 0 saturated heterocycles. The molecule has 0 heterocycles. The Labute approximate surface area is 283 Å². The van der Waals surface area contributed by atoms with Gasteiger partial charge in [-0.2, -0.15) is 0 Å². The molecule has 6 aromatic rings. The highest BCUT2D eigenvalue weighted by molar-refractivity contribution is 7.91. The zero-order chi connectivity index (χ0) is 34.3. The number of aryl methyl sites for hydroxylation is 2. The van der Waals surface area contributed by atoms with Crippen molar-refractivity contribution in [1.29, 1.82) is 0 Å². The molecule has 0 amide bonds. The van der Waals surface area contributed by atoms with Crippen molar-refractivity contribution in [2.75, 3.05) is 13.4 Å². The van der Waals surface area contributed by atoms with Crippen LogP contribution < -0.4 is 9.47 Å². The monoisotopic (exact) mass is 676 g/mol. The van der Waals surface area contributed by atoms with Crippen LogP contribution in [0.4, 0.5) is 0 Å². The summed E-state index contributed by atoms with van der Waals surface area (Å²) in [7, 11) is -5.13. The molecule has 0 aliphatic heterocycles. The summed E-state index contributed by atoms with van der Waals surface area (Å²) in [5.41, 5.74) is 6.16. The van der Waals surface area contributed by atoms with Crippen molar-refractivity contribution < 1.29 is 26.3 Å². The van der Waals surface area contributed by atoms with Crippen LogP contribution in [0.25, 0.3) is 22.3 Å². The SMILES string of the molecule is COc1ccc(-c2ccc(Oc3ccc(C)cc3)cc2)cc1.Cc1ccc(S(=O)(=O)c2ccc(-c3ccc(S(C)(=O)=O)cc3)cc2)cc1. The Morgan fingerprint density at radius 1 is 0.396 bits per heavy atom. The van der Waals surface area contributed by atoms with E-state index in [1.807, 2.05) is 55.5 Å². The third-order valence-electron chi connectivity index (χ3n) is 7.65. The normalized spacial score (nSPS) is 11.2. The van der Waals surface area contributed by atoms with Gasteiger partial charge >= 0.3 is 0 Å². The van der Waals surface area contributed by atoms with Gasteiger partial charge in [0.15, 0.2) is 9.84 Å². The zero-order valence-electron chi connectivity index (χ0n) is 27.1. The van der Waals surface area contributed by atoms with Gasteiger partial charge in [0.1, 0.15) is 17.2 Å². The van der Waals surface area contributed by atoms with Gasteiger partial charge < -0.3 is 9.47 Å². The van der Waals surface area contributed by atoms with Crippen LogP contribution in [-0.4, -0.2) is 30.2 Å². The third kappa shape index (κ3) is 8.59. The lowest BCUT2D eigenvalue weighted by atomic mass is 10.1. The lowest BCUT2D eigenvalue weighted by molar-refractivity contribution is 0.415. The molecular weight excluding hydrogens is 641 g/mol. The minimum Gasteiger partial charge on any atom is -0.497 e. The molecule has 0 unspecified atom stereocenters. The average Bonchev–Trinajstić information content (AvgIpc) is 3.10. The topological polar surface area (TPSA) is 86.7 Å². The molecule has 8 heteroatoms. The van der Waals surface area contributed by atoms with E-state index in [0.29, 0.717) is 0 Å². The number of hydrogen-bond acceptors (Lipinski definition) is 6. The predicted molar refractivity (Wildman–Crippen MR) is 191 cm³/mol. The van der Waals surface area contributed by atoms with Crippen molar-refractivity contribution >= 4 is 19.7 Å². The molecule has 0 bridgehead atoms. The Bertz CT molecular complexity index is 2170. The summed E-state index contributed by atoms with van der Waals surface area (Å²) in [4.78, 5) is 0.728. The number of sulfone groups is 2. The van der Waals surface area contributed by atoms with E-state index in [2.05, 4.69) is 31.2 Å². The number of ether oxygens (including phenoxy) is 2. The largest absolute Gasteiger partial charge is 0.497 e. The summed E-state index contributed by atoms with van der Waals surface area (Å²) in [6, 6.07) is 44.0. The lowest BCUT2D eigenvalue weighted by Gasteiger charge is -2.08. The van der Waals surface area contributed by atoms with Crippen LogP contribution in [0.5, 0.6) is 17.2 Å². The first kappa shape index (κ1) is 34.2. The molecule has 48 heavy (non-hydrogen) atoms. The van der Waals surface area contributed by atoms with Crippen molar-refractivity contribution in [3.05, 3.63) is 157 Å². The number of methoxy groups -OCH3 is 1. The molecule has 244 valence electrons. The first-order chi connectivity index (χ1) is 22.9. The molecule has 0 aliphatic carbocycles. The second-order valence-electron chi connectivity index (χ2n) is 11.3. The van der Waals surface area contributed by atoms with Gasteiger partial charge in [0.05, 0.1) is 21.8 Å². The van der Waals surface area contributed by atoms with Crippen LogP contribution in [0.1, 0.15) is 11.1 Å². The van der Waals surface area contributed by atoms with Gasteiger partial charge in [0.25, 0.3) is 0 Å². The highest BCUT2D eigenvalue weighted by atomic mass is 32.2. The van der Waals surface area contributed by atoms with Crippen molar-refractivity contribution in [1.82, 2.24) is 0 Å². The first-order valence-corrected chi connectivity index (χ1v) is 18.5. The molecule has 0 aliphatic rings. The van der Waals surface area contributed by atoms with E-state index in [0.717, 1.165) is 51.3 Å². The number of rotatable bonds is 8. The van der Waals surface area contributed by atoms with Gasteiger partial charge in [-0.25, -0.2) is 16.8 Å². The van der Waals surface area contributed by atoms with Crippen LogP contribution >= 0.6 is 0 Å². The molecule has 6 aromatic carbocycles. The molecular formula is C40H36O6S2. The smallest absolute Gasteiger partial charge is 0.206 e. The molecule has 0 radical (unpaired) electrons. The van der Waals surface area contributed by atoms with Crippen LogP contribution in [0.2, 0.25) is 0 Å². The summed E-state index contributed by atoms with van der Waals surface area (Å²) < 4.78 is 59.4. The molecule has 0 saturated carbocycles. The van der Waals surface area contributed by atoms with E-state index < -0.39 is 19.7 Å². The fourth-order valence-corrected chi connectivity index (χ4v) is 6.71. The fourth-order valence-electron chi connectivity index (χ4n) is 4.82. The second-order valence-corrected chi connectivity index (χ2v) is 15.3. The van der Waals surface area contributed by atoms with Gasteiger partial charge in [-0.15, -0.1) is 0 Å². The summed E-state index contributed by atoms with van der Waals surface area (Å²) in [6.45, 7) is 3.97. The molecule has 0 aromatic heterocycles. The van der Waals surface area contributed by atoms with E-state index in [1.54, 1.807) is 79.9 Å². The molecule has 0 fully saturated rings. The quantitative estimate of drug-likeness (QED) is 0.160. The van der Waals surface area contributed by atoms with E-state index in [4.69, 9.17) is 9.47 Å². The number of benzene rings is 6. The van der Waals surface area contributed by atoms with Crippen LogP contribution in [-0.2, 0) is 19.7 Å². The first-order valence-electron chi connectivity index (χ1n) is 15.1. The highest BCUT2D eigenvalue weighted by Crippen LogP contribution is 2.28. The van der Waals surface area contributed by atoms with Crippen molar-refractivity contribution in [2.24, 2.45) is 0 Å². The highest BCUT2D eigenvalue weighted by Gasteiger charge is 2.17. The van der Waals surface area contributed by atoms with Crippen molar-refractivity contribution in [3.63, 3.8) is 0 Å². The Morgan fingerprint density at radius 3 is 1.06 bits per heavy atom. The Hall–Kier alpha value is -5.18. The summed E-state index contributed by atoms with van der Waals surface area (Å²) in [6.07, 6.45) is 1.16.